The van der Waals surface area contributed by atoms with Crippen LogP contribution in [0.1, 0.15) is 36.8 Å². The summed E-state index contributed by atoms with van der Waals surface area (Å²) < 4.78 is 0. The molecule has 1 unspecified atom stereocenters. The third kappa shape index (κ3) is 6.11. The van der Waals surface area contributed by atoms with Crippen molar-refractivity contribution in [1.29, 1.82) is 0 Å². The summed E-state index contributed by atoms with van der Waals surface area (Å²) in [6.45, 7) is 5.57. The van der Waals surface area contributed by atoms with E-state index in [1.807, 2.05) is 43.5 Å². The van der Waals surface area contributed by atoms with Crippen LogP contribution in [0.5, 0.6) is 0 Å². The number of carbonyl (C=O) groups is 4. The van der Waals surface area contributed by atoms with Crippen LogP contribution in [0.25, 0.3) is 11.1 Å². The maximum Gasteiger partial charge on any atom is 1.00 e. The van der Waals surface area contributed by atoms with E-state index in [0.29, 0.717) is 10.5 Å². The van der Waals surface area contributed by atoms with Gasteiger partial charge in [0.15, 0.2) is 11.8 Å². The Labute approximate surface area is 219 Å². The number of aliphatic carboxylic acids is 1. The van der Waals surface area contributed by atoms with Crippen molar-refractivity contribution in [3.63, 3.8) is 0 Å². The number of carboxylic acid groups (broad SMARTS) is 1. The van der Waals surface area contributed by atoms with Gasteiger partial charge in [-0.3, -0.25) is 14.4 Å². The van der Waals surface area contributed by atoms with E-state index in [-0.39, 0.29) is 37.4 Å². The Balaban J connectivity index is 0.00000289. The Kier molecular flexibility index (Phi) is 9.02. The molecule has 0 saturated heterocycles. The maximum atomic E-state index is 12.6. The molecule has 2 atom stereocenters. The van der Waals surface area contributed by atoms with Gasteiger partial charge in [-0.15, -0.1) is 11.3 Å². The van der Waals surface area contributed by atoms with Crippen molar-refractivity contribution >= 4 is 35.0 Å². The van der Waals surface area contributed by atoms with E-state index in [4.69, 9.17) is 0 Å². The number of benzene rings is 1. The molecule has 3 N–H and O–H groups in total. The average molecular weight is 480 g/mol. The van der Waals surface area contributed by atoms with E-state index >= 15 is 0 Å². The van der Waals surface area contributed by atoms with Gasteiger partial charge < -0.3 is 22.1 Å². The number of thiophene rings is 1. The predicted octanol–water partition coefficient (Wildman–Crippen LogP) is 0.277. The minimum Gasteiger partial charge on any atom is -1.00 e. The van der Waals surface area contributed by atoms with Crippen LogP contribution in [0.2, 0.25) is 0 Å². The van der Waals surface area contributed by atoms with Crippen molar-refractivity contribution in [3.05, 3.63) is 57.4 Å². The summed E-state index contributed by atoms with van der Waals surface area (Å²) in [7, 11) is 1.50. The number of Topliss-reactive ketones (excluding diaryl/α,β-unsaturated/α-hetero) is 1. The number of nitrogens with one attached hydrogen (secondary N) is 2. The van der Waals surface area contributed by atoms with Crippen LogP contribution in [0.3, 0.4) is 0 Å². The molecule has 0 radical (unpaired) electrons. The van der Waals surface area contributed by atoms with E-state index in [1.165, 1.54) is 29.5 Å². The van der Waals surface area contributed by atoms with Crippen LogP contribution < -0.4 is 40.2 Å². The van der Waals surface area contributed by atoms with Gasteiger partial charge in [-0.25, -0.2) is 4.79 Å². The number of ketones is 1. The Morgan fingerprint density at radius 2 is 1.85 bits per heavy atom. The smallest absolute Gasteiger partial charge is 1.00 e. The first kappa shape index (κ1) is 26.8. The molecule has 3 amide bonds. The number of rotatable bonds is 6. The molecule has 2 aromatic rings. The first-order valence-corrected chi connectivity index (χ1v) is 10.9. The Morgan fingerprint density at radius 3 is 2.45 bits per heavy atom. The first-order valence-electron chi connectivity index (χ1n) is 10.0. The molecule has 0 spiro atoms. The normalized spacial score (nSPS) is 16.5. The topological polar surface area (TPSA) is 116 Å². The number of urea groups is 1. The average Bonchev–Trinajstić information content (AvgIpc) is 3.18. The molecule has 1 aliphatic rings. The molecular formula is C23H26N3NaO5S. The van der Waals surface area contributed by atoms with Gasteiger partial charge in [0.25, 0.3) is 5.91 Å². The van der Waals surface area contributed by atoms with Crippen LogP contribution in [-0.4, -0.2) is 46.8 Å². The summed E-state index contributed by atoms with van der Waals surface area (Å²) in [5.74, 6) is -2.13. The number of likely N-dealkylation sites (N-methyl/N-ethyl adjacent to an activating group) is 1. The van der Waals surface area contributed by atoms with Gasteiger partial charge in [-0.05, 0) is 54.5 Å². The molecule has 0 aliphatic carbocycles. The van der Waals surface area contributed by atoms with Gasteiger partial charge in [0.1, 0.15) is 0 Å². The van der Waals surface area contributed by atoms with Crippen LogP contribution in [0.15, 0.2) is 41.4 Å². The Morgan fingerprint density at radius 1 is 1.21 bits per heavy atom. The van der Waals surface area contributed by atoms with E-state index in [1.54, 1.807) is 6.92 Å². The van der Waals surface area contributed by atoms with Crippen molar-refractivity contribution in [2.45, 2.75) is 39.3 Å². The Bertz CT molecular complexity index is 1110. The monoisotopic (exact) mass is 479 g/mol. The molecule has 33 heavy (non-hydrogen) atoms. The third-order valence-electron chi connectivity index (χ3n) is 5.33. The third-order valence-corrected chi connectivity index (χ3v) is 6.37. The van der Waals surface area contributed by atoms with Gasteiger partial charge in [0.2, 0.25) is 0 Å². The molecule has 1 aliphatic heterocycles. The molecule has 0 bridgehead atoms. The number of hydrogen-bond acceptors (Lipinski definition) is 5. The summed E-state index contributed by atoms with van der Waals surface area (Å²) in [5.41, 5.74) is 4.54. The zero-order valence-electron chi connectivity index (χ0n) is 20.3. The van der Waals surface area contributed by atoms with Crippen LogP contribution >= 0.6 is 11.3 Å². The van der Waals surface area contributed by atoms with E-state index in [0.717, 1.165) is 22.3 Å². The van der Waals surface area contributed by atoms with Crippen molar-refractivity contribution in [2.24, 2.45) is 0 Å². The molecular weight excluding hydrogens is 453 g/mol. The summed E-state index contributed by atoms with van der Waals surface area (Å²) in [6.07, 6.45) is 1.07. The molecule has 2 heterocycles. The number of amides is 3. The van der Waals surface area contributed by atoms with Gasteiger partial charge in [-0.1, -0.05) is 18.2 Å². The van der Waals surface area contributed by atoms with Crippen molar-refractivity contribution in [3.8, 4) is 11.1 Å². The standard InChI is InChI=1S/C23H25N3O5S.Na.H/c1-12-6-5-7-13(2)19(12)15-8-17(32-11-15)16(9-18(27)28)24-23(31)25-20-21(29)14(3)10-26(4)22(20)30;;/h5-8,10-11,16,20H,9H2,1-4H3,(H,27,28)(H2,24,25,31);;/q;+1;-1/t16-,20?;;/m0../s1. The first-order chi connectivity index (χ1) is 15.1. The second-order valence-electron chi connectivity index (χ2n) is 7.83. The molecule has 1 aromatic heterocycles. The maximum absolute atomic E-state index is 12.6. The van der Waals surface area contributed by atoms with Gasteiger partial charge in [0.05, 0.1) is 12.5 Å². The van der Waals surface area contributed by atoms with Crippen molar-refractivity contribution < 1.29 is 55.3 Å². The van der Waals surface area contributed by atoms with Crippen LogP contribution in [-0.2, 0) is 14.4 Å². The fraction of sp³-hybridized carbons (Fsp3) is 0.304. The second kappa shape index (κ2) is 11.1. The van der Waals surface area contributed by atoms with Crippen molar-refractivity contribution in [1.82, 2.24) is 15.5 Å². The fourth-order valence-corrected chi connectivity index (χ4v) is 4.70. The van der Waals surface area contributed by atoms with Gasteiger partial charge in [0, 0.05) is 23.7 Å². The van der Waals surface area contributed by atoms with E-state index in [9.17, 15) is 24.3 Å². The number of aryl methyl sites for hydroxylation is 2. The second-order valence-corrected chi connectivity index (χ2v) is 8.77. The molecule has 0 fully saturated rings. The van der Waals surface area contributed by atoms with Gasteiger partial charge in [-0.2, -0.15) is 0 Å². The largest absolute Gasteiger partial charge is 1.00 e. The fourth-order valence-electron chi connectivity index (χ4n) is 3.75. The number of nitrogens with zero attached hydrogens (tertiary/aromatic N) is 1. The zero-order chi connectivity index (χ0) is 23.6. The molecule has 0 saturated carbocycles. The minimum atomic E-state index is -1.34. The van der Waals surface area contributed by atoms with Crippen molar-refractivity contribution in [2.75, 3.05) is 7.05 Å². The number of hydrogen-bond donors (Lipinski definition) is 3. The molecule has 10 heteroatoms. The summed E-state index contributed by atoms with van der Waals surface area (Å²) >= 11 is 1.34. The van der Waals surface area contributed by atoms with E-state index < -0.39 is 35.8 Å². The number of carboxylic acids is 1. The summed E-state index contributed by atoms with van der Waals surface area (Å²) in [4.78, 5) is 50.6. The Hall–Kier alpha value is -2.46. The SMILES string of the molecule is CC1=CN(C)C(=O)C(NC(=O)N[C@@H](CC(=O)O)c2cc(-c3c(C)cccc3C)cs2)C1=O.[H-].[Na+]. The van der Waals surface area contributed by atoms with Crippen LogP contribution in [0.4, 0.5) is 4.79 Å². The van der Waals surface area contributed by atoms with Gasteiger partial charge >= 0.3 is 41.6 Å². The van der Waals surface area contributed by atoms with Crippen LogP contribution in [0, 0.1) is 13.8 Å². The molecule has 170 valence electrons. The summed E-state index contributed by atoms with van der Waals surface area (Å²) in [5, 5.41) is 16.3. The molecule has 3 rings (SSSR count). The van der Waals surface area contributed by atoms with E-state index in [2.05, 4.69) is 10.6 Å². The number of carbonyl (C=O) groups excluding carboxylic acids is 3. The predicted molar refractivity (Wildman–Crippen MR) is 122 cm³/mol. The summed E-state index contributed by atoms with van der Waals surface area (Å²) in [6, 6.07) is 4.90. The molecule has 1 aromatic carbocycles. The zero-order valence-corrected chi connectivity index (χ0v) is 22.1. The minimum absolute atomic E-state index is 0. The quantitative estimate of drug-likeness (QED) is 0.407. The molecule has 8 nitrogen and oxygen atoms in total.